The van der Waals surface area contributed by atoms with Crippen LogP contribution in [0.2, 0.25) is 0 Å². The summed E-state index contributed by atoms with van der Waals surface area (Å²) >= 11 is 4.24. The molecule has 4 nitrogen and oxygen atoms in total. The van der Waals surface area contributed by atoms with Crippen molar-refractivity contribution in [3.8, 4) is 11.4 Å². The van der Waals surface area contributed by atoms with Gasteiger partial charge in [0, 0.05) is 36.4 Å². The zero-order chi connectivity index (χ0) is 21.8. The summed E-state index contributed by atoms with van der Waals surface area (Å²) in [4.78, 5) is 15.4. The number of para-hydroxylation sites is 2. The van der Waals surface area contributed by atoms with Crippen LogP contribution in [0.15, 0.2) is 65.6 Å². The van der Waals surface area contributed by atoms with Gasteiger partial charge in [0.05, 0.1) is 11.4 Å². The normalized spacial score (nSPS) is 17.1. The lowest BCUT2D eigenvalue weighted by Crippen LogP contribution is -2.50. The highest BCUT2D eigenvalue weighted by atomic mass is 32.1. The molecule has 2 aliphatic rings. The Balaban J connectivity index is 1.48. The minimum Gasteiger partial charge on any atom is -0.479 e. The first-order chi connectivity index (χ1) is 14.8. The van der Waals surface area contributed by atoms with E-state index in [1.165, 1.54) is 10.6 Å². The maximum absolute atomic E-state index is 13.7. The van der Waals surface area contributed by atoms with E-state index in [2.05, 4.69) is 12.6 Å². The van der Waals surface area contributed by atoms with Gasteiger partial charge in [-0.3, -0.25) is 4.79 Å². The Morgan fingerprint density at radius 3 is 2.32 bits per heavy atom. The van der Waals surface area contributed by atoms with Gasteiger partial charge >= 0.3 is 6.18 Å². The molecule has 0 atom stereocenters. The number of nitrogens with zero attached hydrogens (tertiary/aromatic N) is 2. The number of benzene rings is 2. The molecule has 1 spiro atoms. The van der Waals surface area contributed by atoms with E-state index in [9.17, 15) is 18.0 Å². The summed E-state index contributed by atoms with van der Waals surface area (Å²) in [5.74, 6) is 0.312. The average Bonchev–Trinajstić information content (AvgIpc) is 3.22. The third kappa shape index (κ3) is 3.29. The van der Waals surface area contributed by atoms with Crippen LogP contribution in [0, 0.1) is 0 Å². The van der Waals surface area contributed by atoms with Crippen molar-refractivity contribution in [2.24, 2.45) is 0 Å². The summed E-state index contributed by atoms with van der Waals surface area (Å²) in [6.07, 6.45) is -3.68. The second-order valence-electron chi connectivity index (χ2n) is 7.84. The molecule has 0 saturated carbocycles. The van der Waals surface area contributed by atoms with Crippen molar-refractivity contribution in [2.75, 3.05) is 13.1 Å². The lowest BCUT2D eigenvalue weighted by Gasteiger charge is -2.45. The van der Waals surface area contributed by atoms with Crippen molar-refractivity contribution < 1.29 is 22.7 Å². The van der Waals surface area contributed by atoms with Gasteiger partial charge < -0.3 is 14.2 Å². The van der Waals surface area contributed by atoms with E-state index in [1.54, 1.807) is 53.4 Å². The van der Waals surface area contributed by atoms with Gasteiger partial charge in [0.15, 0.2) is 5.60 Å². The molecular weight excluding hydrogens is 425 g/mol. The minimum absolute atomic E-state index is 0.106. The summed E-state index contributed by atoms with van der Waals surface area (Å²) in [5, 5.41) is 0. The molecule has 3 aromatic rings. The van der Waals surface area contributed by atoms with Crippen LogP contribution in [0.3, 0.4) is 0 Å². The molecule has 0 bridgehead atoms. The molecule has 8 heteroatoms. The highest BCUT2D eigenvalue weighted by molar-refractivity contribution is 7.80. The van der Waals surface area contributed by atoms with Gasteiger partial charge in [0.1, 0.15) is 11.4 Å². The van der Waals surface area contributed by atoms with Crippen LogP contribution >= 0.6 is 12.6 Å². The maximum atomic E-state index is 13.7. The first kappa shape index (κ1) is 20.1. The molecule has 0 N–H and O–H groups in total. The van der Waals surface area contributed by atoms with Crippen molar-refractivity contribution in [3.63, 3.8) is 0 Å². The van der Waals surface area contributed by atoms with Crippen LogP contribution in [0.25, 0.3) is 5.69 Å². The SMILES string of the molecule is O=C(c1ccc(S)cc1)N1CCC2(CC1)Oc1ccccc1-n1c(C(F)(F)F)ccc12. The van der Waals surface area contributed by atoms with Gasteiger partial charge in [-0.05, 0) is 48.5 Å². The number of hydrogen-bond acceptors (Lipinski definition) is 3. The van der Waals surface area contributed by atoms with Crippen LogP contribution in [0.5, 0.6) is 5.75 Å². The molecule has 5 rings (SSSR count). The third-order valence-electron chi connectivity index (χ3n) is 6.02. The van der Waals surface area contributed by atoms with Crippen LogP contribution in [0.4, 0.5) is 13.2 Å². The van der Waals surface area contributed by atoms with Gasteiger partial charge in [-0.15, -0.1) is 12.6 Å². The standard InChI is InChI=1S/C23H19F3N2O2S/c24-23(25,26)20-10-9-19-22(30-18-4-2-1-3-17(18)28(19)20)11-13-27(14-12-22)21(29)15-5-7-16(31)8-6-15/h1-10,31H,11-14H2. The number of fused-ring (bicyclic) bond motifs is 4. The number of amides is 1. The number of carbonyl (C=O) groups excluding carboxylic acids is 1. The molecule has 3 heterocycles. The van der Waals surface area contributed by atoms with Crippen molar-refractivity contribution in [1.29, 1.82) is 0 Å². The van der Waals surface area contributed by atoms with Crippen molar-refractivity contribution >= 4 is 18.5 Å². The predicted octanol–water partition coefficient (Wildman–Crippen LogP) is 5.31. The van der Waals surface area contributed by atoms with Gasteiger partial charge in [0.25, 0.3) is 5.91 Å². The average molecular weight is 444 g/mol. The third-order valence-corrected chi connectivity index (χ3v) is 6.32. The molecule has 0 aliphatic carbocycles. The summed E-state index contributed by atoms with van der Waals surface area (Å²) in [7, 11) is 0. The Bertz CT molecular complexity index is 1150. The minimum atomic E-state index is -4.49. The van der Waals surface area contributed by atoms with Crippen molar-refractivity contribution in [2.45, 2.75) is 29.5 Å². The predicted molar refractivity (Wildman–Crippen MR) is 112 cm³/mol. The van der Waals surface area contributed by atoms with Crippen LogP contribution in [0.1, 0.15) is 34.6 Å². The zero-order valence-electron chi connectivity index (χ0n) is 16.4. The number of hydrogen-bond donors (Lipinski definition) is 1. The molecular formula is C23H19F3N2O2S. The second-order valence-corrected chi connectivity index (χ2v) is 8.36. The number of piperidine rings is 1. The van der Waals surface area contributed by atoms with E-state index in [1.807, 2.05) is 0 Å². The number of alkyl halides is 3. The number of carbonyl (C=O) groups is 1. The van der Waals surface area contributed by atoms with Crippen LogP contribution < -0.4 is 4.74 Å². The molecule has 1 amide bonds. The van der Waals surface area contributed by atoms with E-state index < -0.39 is 17.5 Å². The lowest BCUT2D eigenvalue weighted by molar-refractivity contribution is -0.143. The quantitative estimate of drug-likeness (QED) is 0.517. The largest absolute Gasteiger partial charge is 0.479 e. The van der Waals surface area contributed by atoms with E-state index in [0.717, 1.165) is 11.0 Å². The summed E-state index contributed by atoms with van der Waals surface area (Å²) in [6, 6.07) is 16.3. The molecule has 0 radical (unpaired) electrons. The first-order valence-electron chi connectivity index (χ1n) is 9.95. The smallest absolute Gasteiger partial charge is 0.431 e. The summed E-state index contributed by atoms with van der Waals surface area (Å²) < 4.78 is 48.8. The van der Waals surface area contributed by atoms with Gasteiger partial charge in [0.2, 0.25) is 0 Å². The zero-order valence-corrected chi connectivity index (χ0v) is 17.3. The Hall–Kier alpha value is -2.87. The van der Waals surface area contributed by atoms with Crippen LogP contribution in [-0.4, -0.2) is 28.5 Å². The lowest BCUT2D eigenvalue weighted by atomic mass is 9.86. The molecule has 1 aromatic heterocycles. The number of ether oxygens (including phenoxy) is 1. The Morgan fingerprint density at radius 2 is 1.65 bits per heavy atom. The maximum Gasteiger partial charge on any atom is 0.431 e. The monoisotopic (exact) mass is 444 g/mol. The fourth-order valence-corrected chi connectivity index (χ4v) is 4.63. The summed E-state index contributed by atoms with van der Waals surface area (Å²) in [6.45, 7) is 0.770. The van der Waals surface area contributed by atoms with E-state index in [0.29, 0.717) is 48.6 Å². The number of thiol groups is 1. The second kappa shape index (κ2) is 7.09. The Morgan fingerprint density at radius 1 is 0.968 bits per heavy atom. The topological polar surface area (TPSA) is 34.5 Å². The van der Waals surface area contributed by atoms with Crippen molar-refractivity contribution in [1.82, 2.24) is 9.47 Å². The van der Waals surface area contributed by atoms with Gasteiger partial charge in [-0.1, -0.05) is 12.1 Å². The van der Waals surface area contributed by atoms with E-state index >= 15 is 0 Å². The molecule has 1 saturated heterocycles. The van der Waals surface area contributed by atoms with Crippen LogP contribution in [-0.2, 0) is 11.8 Å². The molecule has 0 unspecified atom stereocenters. The number of halogens is 3. The molecule has 2 aliphatic heterocycles. The molecule has 31 heavy (non-hydrogen) atoms. The summed E-state index contributed by atoms with van der Waals surface area (Å²) in [5.41, 5.74) is -0.214. The fraction of sp³-hybridized carbons (Fsp3) is 0.261. The molecule has 160 valence electrons. The molecule has 1 fully saturated rings. The fourth-order valence-electron chi connectivity index (χ4n) is 4.48. The number of likely N-dealkylation sites (tertiary alicyclic amines) is 1. The highest BCUT2D eigenvalue weighted by Crippen LogP contribution is 2.48. The Kier molecular flexibility index (Phi) is 4.58. The Labute approximate surface area is 182 Å². The van der Waals surface area contributed by atoms with Gasteiger partial charge in [-0.25, -0.2) is 0 Å². The molecule has 2 aromatic carbocycles. The number of aromatic nitrogens is 1. The van der Waals surface area contributed by atoms with E-state index in [-0.39, 0.29) is 5.91 Å². The number of rotatable bonds is 1. The van der Waals surface area contributed by atoms with E-state index in [4.69, 9.17) is 4.74 Å². The van der Waals surface area contributed by atoms with Gasteiger partial charge in [-0.2, -0.15) is 13.2 Å². The first-order valence-corrected chi connectivity index (χ1v) is 10.4. The van der Waals surface area contributed by atoms with Crippen molar-refractivity contribution in [3.05, 3.63) is 77.6 Å². The highest BCUT2D eigenvalue weighted by Gasteiger charge is 2.48.